The third-order valence-electron chi connectivity index (χ3n) is 8.99. The van der Waals surface area contributed by atoms with Crippen LogP contribution in [0, 0.1) is 0 Å². The van der Waals surface area contributed by atoms with Crippen molar-refractivity contribution in [2.75, 3.05) is 0 Å². The lowest BCUT2D eigenvalue weighted by Gasteiger charge is -2.38. The van der Waals surface area contributed by atoms with Crippen LogP contribution in [0.4, 0.5) is 0 Å². The number of rotatable bonds is 10. The second-order valence-corrected chi connectivity index (χ2v) is 17.9. The average molecular weight is 695 g/mol. The Morgan fingerprint density at radius 1 is 0.440 bits per heavy atom. The van der Waals surface area contributed by atoms with E-state index >= 15 is 0 Å². The van der Waals surface area contributed by atoms with Crippen molar-refractivity contribution in [3.05, 3.63) is 157 Å². The van der Waals surface area contributed by atoms with Gasteiger partial charge < -0.3 is 14.2 Å². The number of ether oxygens (including phenoxy) is 3. The molecule has 6 aromatic carbocycles. The Morgan fingerprint density at radius 2 is 0.800 bits per heavy atom. The summed E-state index contributed by atoms with van der Waals surface area (Å²) in [5.41, 5.74) is 2.07. The highest BCUT2D eigenvalue weighted by Crippen LogP contribution is 2.53. The van der Waals surface area contributed by atoms with Crippen LogP contribution >= 0.6 is 15.8 Å². The Hall–Kier alpha value is -4.42. The maximum absolute atomic E-state index is 7.42. The van der Waals surface area contributed by atoms with Crippen LogP contribution < -0.4 is 46.0 Å². The predicted molar refractivity (Wildman–Crippen MR) is 214 cm³/mol. The van der Waals surface area contributed by atoms with Crippen molar-refractivity contribution in [2.24, 2.45) is 0 Å². The zero-order valence-electron chi connectivity index (χ0n) is 29.6. The highest BCUT2D eigenvalue weighted by Gasteiger charge is 2.40. The summed E-state index contributed by atoms with van der Waals surface area (Å²) in [6.07, 6.45) is 0.107. The first-order valence-electron chi connectivity index (χ1n) is 17.4. The van der Waals surface area contributed by atoms with Gasteiger partial charge in [0.1, 0.15) is 23.0 Å². The van der Waals surface area contributed by atoms with E-state index in [9.17, 15) is 0 Å². The third-order valence-corrected chi connectivity index (χ3v) is 14.0. The van der Waals surface area contributed by atoms with Gasteiger partial charge in [0.15, 0.2) is 0 Å². The highest BCUT2D eigenvalue weighted by atomic mass is 31.1. The van der Waals surface area contributed by atoms with Gasteiger partial charge in [0, 0.05) is 37.8 Å². The van der Waals surface area contributed by atoms with Crippen molar-refractivity contribution in [1.82, 2.24) is 0 Å². The molecule has 0 saturated carbocycles. The predicted octanol–water partition coefficient (Wildman–Crippen LogP) is 9.21. The molecule has 50 heavy (non-hydrogen) atoms. The fourth-order valence-electron chi connectivity index (χ4n) is 6.81. The fraction of sp³-hybridized carbons (Fsp3) is 0.200. The lowest BCUT2D eigenvalue weighted by atomic mass is 9.76. The van der Waals surface area contributed by atoms with Gasteiger partial charge in [-0.05, 0) is 66.3 Å². The zero-order valence-corrected chi connectivity index (χ0v) is 31.4. The molecular weight excluding hydrogens is 650 g/mol. The molecule has 0 fully saturated rings. The molecule has 0 N–H and O–H groups in total. The van der Waals surface area contributed by atoms with Crippen LogP contribution in [0.5, 0.6) is 23.0 Å². The number of hydrogen-bond donors (Lipinski definition) is 0. The van der Waals surface area contributed by atoms with E-state index in [0.29, 0.717) is 0 Å². The molecule has 0 unspecified atom stereocenters. The molecule has 0 bridgehead atoms. The van der Waals surface area contributed by atoms with E-state index in [-0.39, 0.29) is 17.6 Å². The molecule has 1 heterocycles. The van der Waals surface area contributed by atoms with Crippen molar-refractivity contribution in [1.29, 1.82) is 0 Å². The van der Waals surface area contributed by atoms with Gasteiger partial charge in [-0.15, -0.1) is 0 Å². The van der Waals surface area contributed by atoms with Gasteiger partial charge >= 0.3 is 0 Å². The van der Waals surface area contributed by atoms with Crippen LogP contribution in [0.2, 0.25) is 0 Å². The minimum atomic E-state index is -1.04. The largest absolute Gasteiger partial charge is 0.490 e. The summed E-state index contributed by atoms with van der Waals surface area (Å²) < 4.78 is 20.3. The SMILES string of the molecule is CC(C)Oc1ccccc1[P@](c1ccccc1)c1cccc2c1Oc1c([P@@](c3ccccc3)c3ccccc3OC(C)C)cccc1C2(C)C. The lowest BCUT2D eigenvalue weighted by Crippen LogP contribution is -2.33. The van der Waals surface area contributed by atoms with Gasteiger partial charge in [-0.1, -0.05) is 147 Å². The Kier molecular flexibility index (Phi) is 9.83. The van der Waals surface area contributed by atoms with Crippen LogP contribution in [-0.2, 0) is 5.41 Å². The zero-order chi connectivity index (χ0) is 34.8. The highest BCUT2D eigenvalue weighted by molar-refractivity contribution is 7.80. The van der Waals surface area contributed by atoms with Crippen molar-refractivity contribution in [2.45, 2.75) is 59.2 Å². The molecule has 0 amide bonds. The molecule has 0 aromatic heterocycles. The summed E-state index contributed by atoms with van der Waals surface area (Å²) in [4.78, 5) is 0. The maximum Gasteiger partial charge on any atom is 0.139 e. The molecule has 0 aliphatic carbocycles. The normalized spacial score (nSPS) is 14.3. The maximum atomic E-state index is 7.42. The van der Waals surface area contributed by atoms with Crippen LogP contribution in [0.25, 0.3) is 0 Å². The molecule has 6 aromatic rings. The molecule has 0 spiro atoms. The van der Waals surface area contributed by atoms with Crippen LogP contribution in [-0.4, -0.2) is 12.2 Å². The van der Waals surface area contributed by atoms with Crippen molar-refractivity contribution >= 4 is 47.7 Å². The minimum absolute atomic E-state index is 0.0536. The number of benzene rings is 6. The van der Waals surface area contributed by atoms with E-state index in [0.717, 1.165) is 23.0 Å². The summed E-state index contributed by atoms with van der Waals surface area (Å²) >= 11 is 0. The molecule has 0 radical (unpaired) electrons. The van der Waals surface area contributed by atoms with Gasteiger partial charge in [0.25, 0.3) is 0 Å². The first-order valence-corrected chi connectivity index (χ1v) is 20.1. The first kappa shape index (κ1) is 34.0. The van der Waals surface area contributed by atoms with Gasteiger partial charge in [-0.2, -0.15) is 0 Å². The van der Waals surface area contributed by atoms with E-state index in [2.05, 4.69) is 187 Å². The van der Waals surface area contributed by atoms with Gasteiger partial charge in [0.2, 0.25) is 0 Å². The van der Waals surface area contributed by atoms with E-state index in [1.807, 2.05) is 0 Å². The Balaban J connectivity index is 1.46. The summed E-state index contributed by atoms with van der Waals surface area (Å²) in [6, 6.07) is 52.1. The van der Waals surface area contributed by atoms with Crippen LogP contribution in [0.1, 0.15) is 52.7 Å². The molecule has 1 aliphatic rings. The fourth-order valence-corrected chi connectivity index (χ4v) is 11.8. The van der Waals surface area contributed by atoms with Crippen LogP contribution in [0.15, 0.2) is 146 Å². The van der Waals surface area contributed by atoms with E-state index < -0.39 is 15.8 Å². The Labute approximate surface area is 299 Å². The molecule has 7 rings (SSSR count). The van der Waals surface area contributed by atoms with Crippen molar-refractivity contribution < 1.29 is 14.2 Å². The number of fused-ring (bicyclic) bond motifs is 2. The Bertz CT molecular complexity index is 1940. The molecular formula is C45H44O3P2. The van der Waals surface area contributed by atoms with E-state index in [1.54, 1.807) is 0 Å². The summed E-state index contributed by atoms with van der Waals surface area (Å²) in [5, 5.41) is 7.24. The molecule has 2 atom stereocenters. The smallest absolute Gasteiger partial charge is 0.139 e. The third kappa shape index (κ3) is 6.58. The molecule has 5 heteroatoms. The van der Waals surface area contributed by atoms with Gasteiger partial charge in [-0.25, -0.2) is 0 Å². The Morgan fingerprint density at radius 3 is 1.20 bits per heavy atom. The lowest BCUT2D eigenvalue weighted by molar-refractivity contribution is 0.244. The van der Waals surface area contributed by atoms with Crippen molar-refractivity contribution in [3.8, 4) is 23.0 Å². The number of hydrogen-bond acceptors (Lipinski definition) is 3. The van der Waals surface area contributed by atoms with Crippen molar-refractivity contribution in [3.63, 3.8) is 0 Å². The van der Waals surface area contributed by atoms with Crippen LogP contribution in [0.3, 0.4) is 0 Å². The second kappa shape index (κ2) is 14.4. The van der Waals surface area contributed by atoms with E-state index in [1.165, 1.54) is 43.0 Å². The summed E-state index contributed by atoms with van der Waals surface area (Å²) in [6.45, 7) is 13.0. The first-order chi connectivity index (χ1) is 24.2. The molecule has 1 aliphatic heterocycles. The monoisotopic (exact) mass is 694 g/mol. The minimum Gasteiger partial charge on any atom is -0.490 e. The molecule has 252 valence electrons. The van der Waals surface area contributed by atoms with E-state index in [4.69, 9.17) is 14.2 Å². The standard InChI is InChI=1S/C45H44O3P2/c1-31(2)46-37-25-13-15-27-39(37)49(33-19-9-7-10-20-33)41-29-17-23-35-43(41)48-44-36(45(35,5)6)24-18-30-42(44)50(34-21-11-8-12-22-34)40-28-16-14-26-38(40)47-32(3)4/h7-32H,1-6H3/t49-,50-/m0/s1. The second-order valence-electron chi connectivity index (χ2n) is 13.6. The molecule has 3 nitrogen and oxygen atoms in total. The van der Waals surface area contributed by atoms with Gasteiger partial charge in [0.05, 0.1) is 12.2 Å². The van der Waals surface area contributed by atoms with Gasteiger partial charge in [-0.3, -0.25) is 0 Å². The number of para-hydroxylation sites is 4. The topological polar surface area (TPSA) is 27.7 Å². The average Bonchev–Trinajstić information content (AvgIpc) is 3.11. The molecule has 0 saturated heterocycles. The summed E-state index contributed by atoms with van der Waals surface area (Å²) in [5.74, 6) is 3.73. The quantitative estimate of drug-likeness (QED) is 0.134. The summed E-state index contributed by atoms with van der Waals surface area (Å²) in [7, 11) is -2.07.